The lowest BCUT2D eigenvalue weighted by atomic mass is 10.3. The van der Waals surface area contributed by atoms with Crippen LogP contribution in [0.1, 0.15) is 29.2 Å². The largest absolute Gasteiger partial charge is 0.497 e. The van der Waals surface area contributed by atoms with E-state index in [-0.39, 0.29) is 12.5 Å². The van der Waals surface area contributed by atoms with Gasteiger partial charge in [-0.3, -0.25) is 4.79 Å². The summed E-state index contributed by atoms with van der Waals surface area (Å²) in [6, 6.07) is 11.1. The van der Waals surface area contributed by atoms with Crippen LogP contribution in [0.4, 0.5) is 0 Å². The fourth-order valence-corrected chi connectivity index (χ4v) is 1.91. The van der Waals surface area contributed by atoms with E-state index < -0.39 is 0 Å². The van der Waals surface area contributed by atoms with Gasteiger partial charge in [0.05, 0.1) is 7.11 Å². The second-order valence-corrected chi connectivity index (χ2v) is 4.98. The van der Waals surface area contributed by atoms with Crippen molar-refractivity contribution in [2.45, 2.75) is 25.5 Å². The van der Waals surface area contributed by atoms with Crippen LogP contribution in [0.2, 0.25) is 0 Å². The molecule has 1 aliphatic rings. The molecule has 5 nitrogen and oxygen atoms in total. The Bertz CT molecular complexity index is 631. The minimum absolute atomic E-state index is 0.162. The van der Waals surface area contributed by atoms with Gasteiger partial charge in [0.1, 0.15) is 23.9 Å². The van der Waals surface area contributed by atoms with Crippen molar-refractivity contribution in [1.82, 2.24) is 5.32 Å². The summed E-state index contributed by atoms with van der Waals surface area (Å²) in [5.41, 5.74) is 0. The monoisotopic (exact) mass is 287 g/mol. The van der Waals surface area contributed by atoms with E-state index in [1.54, 1.807) is 25.3 Å². The highest BCUT2D eigenvalue weighted by Crippen LogP contribution is 2.21. The second-order valence-electron chi connectivity index (χ2n) is 4.98. The number of carbonyl (C=O) groups is 1. The minimum Gasteiger partial charge on any atom is -0.497 e. The van der Waals surface area contributed by atoms with Gasteiger partial charge in [-0.1, -0.05) is 6.07 Å². The van der Waals surface area contributed by atoms with Gasteiger partial charge in [0.15, 0.2) is 5.76 Å². The maximum Gasteiger partial charge on any atom is 0.287 e. The summed E-state index contributed by atoms with van der Waals surface area (Å²) in [6.07, 6.45) is 2.11. The van der Waals surface area contributed by atoms with Crippen molar-refractivity contribution in [3.8, 4) is 11.5 Å². The number of benzene rings is 1. The van der Waals surface area contributed by atoms with Crippen molar-refractivity contribution in [2.24, 2.45) is 0 Å². The molecule has 1 aromatic heterocycles. The van der Waals surface area contributed by atoms with Crippen molar-refractivity contribution in [3.63, 3.8) is 0 Å². The van der Waals surface area contributed by atoms with Gasteiger partial charge in [-0.15, -0.1) is 0 Å². The zero-order valence-corrected chi connectivity index (χ0v) is 11.8. The summed E-state index contributed by atoms with van der Waals surface area (Å²) < 4.78 is 16.2. The number of furan rings is 1. The summed E-state index contributed by atoms with van der Waals surface area (Å²) in [6.45, 7) is 0.268. The minimum atomic E-state index is -0.162. The molecule has 0 radical (unpaired) electrons. The van der Waals surface area contributed by atoms with Crippen LogP contribution >= 0.6 is 0 Å². The molecule has 0 aliphatic heterocycles. The average molecular weight is 287 g/mol. The summed E-state index contributed by atoms with van der Waals surface area (Å²) in [4.78, 5) is 11.8. The van der Waals surface area contributed by atoms with E-state index in [4.69, 9.17) is 13.9 Å². The Morgan fingerprint density at radius 1 is 1.29 bits per heavy atom. The molecule has 1 saturated carbocycles. The fourth-order valence-electron chi connectivity index (χ4n) is 1.91. The number of hydrogen-bond acceptors (Lipinski definition) is 4. The zero-order chi connectivity index (χ0) is 14.7. The Labute approximate surface area is 122 Å². The highest BCUT2D eigenvalue weighted by atomic mass is 16.5. The highest BCUT2D eigenvalue weighted by Gasteiger charge is 2.25. The predicted molar refractivity (Wildman–Crippen MR) is 76.5 cm³/mol. The Morgan fingerprint density at radius 3 is 2.86 bits per heavy atom. The number of ether oxygens (including phenoxy) is 2. The standard InChI is InChI=1S/C16H17NO4/c1-19-12-3-2-4-13(9-12)20-10-14-7-8-15(21-14)16(18)17-11-5-6-11/h2-4,7-9,11H,5-6,10H2,1H3,(H,17,18). The molecule has 1 N–H and O–H groups in total. The van der Waals surface area contributed by atoms with Crippen molar-refractivity contribution < 1.29 is 18.7 Å². The van der Waals surface area contributed by atoms with Gasteiger partial charge < -0.3 is 19.2 Å². The Hall–Kier alpha value is -2.43. The van der Waals surface area contributed by atoms with Gasteiger partial charge in [0, 0.05) is 12.1 Å². The first kappa shape index (κ1) is 13.5. The van der Waals surface area contributed by atoms with Crippen LogP contribution in [-0.4, -0.2) is 19.1 Å². The molecule has 3 rings (SSSR count). The predicted octanol–water partition coefficient (Wildman–Crippen LogP) is 2.76. The molecule has 1 amide bonds. The molecular weight excluding hydrogens is 270 g/mol. The number of methoxy groups -OCH3 is 1. The average Bonchev–Trinajstić information content (AvgIpc) is 3.19. The number of carbonyl (C=O) groups excluding carboxylic acids is 1. The van der Waals surface area contributed by atoms with E-state index in [1.807, 2.05) is 18.2 Å². The molecule has 0 atom stereocenters. The first-order chi connectivity index (χ1) is 10.2. The smallest absolute Gasteiger partial charge is 0.287 e. The van der Waals surface area contributed by atoms with Crippen LogP contribution in [0.5, 0.6) is 11.5 Å². The lowest BCUT2D eigenvalue weighted by molar-refractivity contribution is 0.0919. The molecule has 110 valence electrons. The number of hydrogen-bond donors (Lipinski definition) is 1. The van der Waals surface area contributed by atoms with Gasteiger partial charge in [-0.25, -0.2) is 0 Å². The summed E-state index contributed by atoms with van der Waals surface area (Å²) in [7, 11) is 1.61. The molecule has 0 spiro atoms. The fraction of sp³-hybridized carbons (Fsp3) is 0.312. The van der Waals surface area contributed by atoms with Crippen LogP contribution < -0.4 is 14.8 Å². The number of amides is 1. The lowest BCUT2D eigenvalue weighted by Crippen LogP contribution is -2.24. The van der Waals surface area contributed by atoms with Crippen molar-refractivity contribution >= 4 is 5.91 Å². The van der Waals surface area contributed by atoms with Gasteiger partial charge in [0.25, 0.3) is 5.91 Å². The Morgan fingerprint density at radius 2 is 2.10 bits per heavy atom. The molecular formula is C16H17NO4. The summed E-state index contributed by atoms with van der Waals surface area (Å²) in [5, 5.41) is 2.88. The third-order valence-corrected chi connectivity index (χ3v) is 3.22. The normalized spacial score (nSPS) is 13.8. The van der Waals surface area contributed by atoms with Gasteiger partial charge in [-0.2, -0.15) is 0 Å². The van der Waals surface area contributed by atoms with Crippen molar-refractivity contribution in [3.05, 3.63) is 47.9 Å². The van der Waals surface area contributed by atoms with Crippen LogP contribution in [0.25, 0.3) is 0 Å². The molecule has 5 heteroatoms. The first-order valence-corrected chi connectivity index (χ1v) is 6.91. The van der Waals surface area contributed by atoms with E-state index >= 15 is 0 Å². The SMILES string of the molecule is COc1cccc(OCc2ccc(C(=O)NC3CC3)o2)c1. The first-order valence-electron chi connectivity index (χ1n) is 6.91. The van der Waals surface area contributed by atoms with Crippen LogP contribution in [0.15, 0.2) is 40.8 Å². The molecule has 0 bridgehead atoms. The molecule has 1 heterocycles. The molecule has 0 unspecified atom stereocenters. The van der Waals surface area contributed by atoms with Crippen LogP contribution in [0, 0.1) is 0 Å². The number of rotatable bonds is 6. The maximum absolute atomic E-state index is 11.8. The van der Waals surface area contributed by atoms with E-state index in [0.29, 0.717) is 23.3 Å². The lowest BCUT2D eigenvalue weighted by Gasteiger charge is -2.06. The topological polar surface area (TPSA) is 60.7 Å². The van der Waals surface area contributed by atoms with Gasteiger partial charge in [-0.05, 0) is 37.1 Å². The molecule has 21 heavy (non-hydrogen) atoms. The zero-order valence-electron chi connectivity index (χ0n) is 11.8. The second kappa shape index (κ2) is 5.91. The van der Waals surface area contributed by atoms with Crippen LogP contribution in [0.3, 0.4) is 0 Å². The summed E-state index contributed by atoms with van der Waals surface area (Å²) in [5.74, 6) is 2.20. The van der Waals surface area contributed by atoms with Gasteiger partial charge in [0.2, 0.25) is 0 Å². The third kappa shape index (κ3) is 3.56. The summed E-state index contributed by atoms with van der Waals surface area (Å²) >= 11 is 0. The highest BCUT2D eigenvalue weighted by molar-refractivity contribution is 5.91. The van der Waals surface area contributed by atoms with Crippen LogP contribution in [-0.2, 0) is 6.61 Å². The maximum atomic E-state index is 11.8. The Balaban J connectivity index is 1.57. The molecule has 1 aromatic carbocycles. The van der Waals surface area contributed by atoms with E-state index in [0.717, 1.165) is 18.6 Å². The van der Waals surface area contributed by atoms with Gasteiger partial charge >= 0.3 is 0 Å². The molecule has 1 fully saturated rings. The van der Waals surface area contributed by atoms with E-state index in [1.165, 1.54) is 0 Å². The number of nitrogens with one attached hydrogen (secondary N) is 1. The van der Waals surface area contributed by atoms with Crippen molar-refractivity contribution in [1.29, 1.82) is 0 Å². The molecule has 2 aromatic rings. The quantitative estimate of drug-likeness (QED) is 0.887. The molecule has 1 aliphatic carbocycles. The molecule has 0 saturated heterocycles. The van der Waals surface area contributed by atoms with E-state index in [2.05, 4.69) is 5.32 Å². The van der Waals surface area contributed by atoms with Crippen molar-refractivity contribution in [2.75, 3.05) is 7.11 Å². The third-order valence-electron chi connectivity index (χ3n) is 3.22. The van der Waals surface area contributed by atoms with E-state index in [9.17, 15) is 4.79 Å². The Kier molecular flexibility index (Phi) is 3.81.